The Bertz CT molecular complexity index is 2070. The lowest BCUT2D eigenvalue weighted by atomic mass is 9.94. The predicted octanol–water partition coefficient (Wildman–Crippen LogP) is 6.73. The third-order valence-corrected chi connectivity index (χ3v) is 8.00. The summed E-state index contributed by atoms with van der Waals surface area (Å²) in [5.41, 5.74) is 15.3. The fourth-order valence-corrected chi connectivity index (χ4v) is 6.53. The summed E-state index contributed by atoms with van der Waals surface area (Å²) in [4.78, 5) is 13.8. The standard InChI is InChI=1S/C31H18N4/c1-2-4-20-17(3-1)12-25-21(20)6-5-18-11-19-13-24-22-7-9-33-16-29(22)35-28-8-10-32-15-27(28)34-31(35)26(24)14-23(19)30(18)25/h1-10,13-16H,11-12H2. The molecule has 0 saturated carbocycles. The monoisotopic (exact) mass is 446 g/mol. The quantitative estimate of drug-likeness (QED) is 0.243. The van der Waals surface area contributed by atoms with Gasteiger partial charge in [-0.15, -0.1) is 0 Å². The number of imidazole rings is 1. The van der Waals surface area contributed by atoms with E-state index in [0.717, 1.165) is 35.0 Å². The van der Waals surface area contributed by atoms with Crippen LogP contribution in [0.15, 0.2) is 85.5 Å². The van der Waals surface area contributed by atoms with Gasteiger partial charge in [-0.05, 0) is 87.0 Å². The van der Waals surface area contributed by atoms with Gasteiger partial charge in [-0.2, -0.15) is 0 Å². The van der Waals surface area contributed by atoms with Crippen molar-refractivity contribution in [1.29, 1.82) is 0 Å². The molecule has 2 aliphatic carbocycles. The van der Waals surface area contributed by atoms with Crippen molar-refractivity contribution in [3.05, 3.63) is 108 Å². The Morgan fingerprint density at radius 2 is 1.54 bits per heavy atom. The summed E-state index contributed by atoms with van der Waals surface area (Å²) in [5.74, 6) is 0. The van der Waals surface area contributed by atoms with E-state index in [4.69, 9.17) is 4.98 Å². The zero-order chi connectivity index (χ0) is 22.7. The van der Waals surface area contributed by atoms with E-state index in [1.165, 1.54) is 60.7 Å². The van der Waals surface area contributed by atoms with Crippen molar-refractivity contribution in [3.63, 3.8) is 0 Å². The summed E-state index contributed by atoms with van der Waals surface area (Å²) in [5, 5.41) is 3.62. The smallest absolute Gasteiger partial charge is 0.146 e. The number of pyridine rings is 3. The molecule has 7 aromatic rings. The van der Waals surface area contributed by atoms with Crippen LogP contribution in [0.2, 0.25) is 0 Å². The fraction of sp³-hybridized carbons (Fsp3) is 0.0645. The van der Waals surface area contributed by atoms with Crippen LogP contribution in [0, 0.1) is 0 Å². The van der Waals surface area contributed by atoms with Crippen molar-refractivity contribution in [2.45, 2.75) is 12.8 Å². The molecule has 0 atom stereocenters. The van der Waals surface area contributed by atoms with Crippen molar-refractivity contribution in [1.82, 2.24) is 19.4 Å². The van der Waals surface area contributed by atoms with E-state index < -0.39 is 0 Å². The summed E-state index contributed by atoms with van der Waals surface area (Å²) < 4.78 is 2.25. The summed E-state index contributed by atoms with van der Waals surface area (Å²) in [6.07, 6.45) is 9.51. The Morgan fingerprint density at radius 1 is 0.629 bits per heavy atom. The molecule has 2 aliphatic rings. The number of aromatic nitrogens is 4. The van der Waals surface area contributed by atoms with E-state index >= 15 is 0 Å². The van der Waals surface area contributed by atoms with E-state index in [1.54, 1.807) is 0 Å². The SMILES string of the molecule is c1ccc2c(c1)Cc1c-2ccc2c1-c1cc3c(cc1C2)c1ccncc1n1c2ccncc2nc31. The maximum atomic E-state index is 5.05. The highest BCUT2D eigenvalue weighted by Crippen LogP contribution is 2.49. The molecule has 4 heterocycles. The van der Waals surface area contributed by atoms with Gasteiger partial charge < -0.3 is 0 Å². The highest BCUT2D eigenvalue weighted by atomic mass is 15.0. The van der Waals surface area contributed by atoms with Gasteiger partial charge in [0.15, 0.2) is 0 Å². The molecule has 35 heavy (non-hydrogen) atoms. The molecule has 0 spiro atoms. The summed E-state index contributed by atoms with van der Waals surface area (Å²) >= 11 is 0. The molecule has 0 bridgehead atoms. The van der Waals surface area contributed by atoms with Gasteiger partial charge in [0.05, 0.1) is 23.4 Å². The molecule has 0 aliphatic heterocycles. The first kappa shape index (κ1) is 17.8. The molecule has 0 fully saturated rings. The third kappa shape index (κ3) is 2.15. The van der Waals surface area contributed by atoms with Gasteiger partial charge in [0.2, 0.25) is 0 Å². The highest BCUT2D eigenvalue weighted by Gasteiger charge is 2.29. The number of benzene rings is 3. The largest absolute Gasteiger partial charge is 0.290 e. The Balaban J connectivity index is 1.42. The molecular formula is C31H18N4. The fourth-order valence-electron chi connectivity index (χ4n) is 6.53. The zero-order valence-electron chi connectivity index (χ0n) is 18.8. The van der Waals surface area contributed by atoms with Crippen LogP contribution >= 0.6 is 0 Å². The average molecular weight is 447 g/mol. The Hall–Kier alpha value is -4.57. The van der Waals surface area contributed by atoms with Crippen molar-refractivity contribution >= 4 is 38.4 Å². The van der Waals surface area contributed by atoms with Crippen molar-refractivity contribution in [3.8, 4) is 22.3 Å². The van der Waals surface area contributed by atoms with Crippen molar-refractivity contribution in [2.75, 3.05) is 0 Å². The normalized spacial score (nSPS) is 13.5. The molecule has 3 aromatic carbocycles. The van der Waals surface area contributed by atoms with E-state index in [1.807, 2.05) is 30.9 Å². The van der Waals surface area contributed by atoms with Crippen LogP contribution in [-0.4, -0.2) is 19.4 Å². The summed E-state index contributed by atoms with van der Waals surface area (Å²) in [6, 6.07) is 22.5. The second-order valence-electron chi connectivity index (χ2n) is 9.72. The van der Waals surface area contributed by atoms with E-state index in [2.05, 4.69) is 69.0 Å². The van der Waals surface area contributed by atoms with E-state index in [0.29, 0.717) is 0 Å². The highest BCUT2D eigenvalue weighted by molar-refractivity contribution is 6.15. The maximum absolute atomic E-state index is 5.05. The molecule has 0 N–H and O–H groups in total. The van der Waals surface area contributed by atoms with Crippen LogP contribution in [0.4, 0.5) is 0 Å². The molecule has 4 aromatic heterocycles. The molecule has 4 nitrogen and oxygen atoms in total. The number of fused-ring (bicyclic) bond motifs is 15. The lowest BCUT2D eigenvalue weighted by molar-refractivity contribution is 1.23. The first-order valence-corrected chi connectivity index (χ1v) is 12.0. The summed E-state index contributed by atoms with van der Waals surface area (Å²) in [7, 11) is 0. The van der Waals surface area contributed by atoms with Crippen molar-refractivity contribution < 1.29 is 0 Å². The Labute approximate surface area is 200 Å². The molecule has 4 heteroatoms. The van der Waals surface area contributed by atoms with Gasteiger partial charge >= 0.3 is 0 Å². The molecule has 162 valence electrons. The van der Waals surface area contributed by atoms with Gasteiger partial charge in [0, 0.05) is 23.2 Å². The minimum Gasteiger partial charge on any atom is -0.290 e. The topological polar surface area (TPSA) is 43.1 Å². The van der Waals surface area contributed by atoms with Gasteiger partial charge in [0.1, 0.15) is 11.2 Å². The minimum absolute atomic E-state index is 0.905. The molecule has 9 rings (SSSR count). The number of hydrogen-bond acceptors (Lipinski definition) is 3. The average Bonchev–Trinajstić information content (AvgIpc) is 3.58. The van der Waals surface area contributed by atoms with Crippen LogP contribution in [-0.2, 0) is 12.8 Å². The van der Waals surface area contributed by atoms with Crippen molar-refractivity contribution in [2.24, 2.45) is 0 Å². The first-order valence-electron chi connectivity index (χ1n) is 12.0. The second kappa shape index (κ2) is 6.10. The predicted molar refractivity (Wildman–Crippen MR) is 140 cm³/mol. The Kier molecular flexibility index (Phi) is 3.11. The zero-order valence-corrected chi connectivity index (χ0v) is 18.8. The van der Waals surface area contributed by atoms with Crippen LogP contribution < -0.4 is 0 Å². The summed E-state index contributed by atoms with van der Waals surface area (Å²) in [6.45, 7) is 0. The minimum atomic E-state index is 0.905. The molecule has 0 radical (unpaired) electrons. The first-order chi connectivity index (χ1) is 17.3. The van der Waals surface area contributed by atoms with Gasteiger partial charge in [-0.1, -0.05) is 36.4 Å². The number of rotatable bonds is 0. The molecular weight excluding hydrogens is 428 g/mol. The number of hydrogen-bond donors (Lipinski definition) is 0. The Morgan fingerprint density at radius 3 is 2.54 bits per heavy atom. The van der Waals surface area contributed by atoms with E-state index in [-0.39, 0.29) is 0 Å². The van der Waals surface area contributed by atoms with Gasteiger partial charge in [-0.25, -0.2) is 4.98 Å². The van der Waals surface area contributed by atoms with Crippen LogP contribution in [0.5, 0.6) is 0 Å². The lowest BCUT2D eigenvalue weighted by Crippen LogP contribution is -1.94. The maximum Gasteiger partial charge on any atom is 0.146 e. The third-order valence-electron chi connectivity index (χ3n) is 8.00. The van der Waals surface area contributed by atoms with Crippen LogP contribution in [0.1, 0.15) is 22.3 Å². The number of nitrogens with zero attached hydrogens (tertiary/aromatic N) is 4. The van der Waals surface area contributed by atoms with Gasteiger partial charge in [0.25, 0.3) is 0 Å². The lowest BCUT2D eigenvalue weighted by Gasteiger charge is -2.12. The second-order valence-corrected chi connectivity index (χ2v) is 9.72. The molecule has 0 saturated heterocycles. The van der Waals surface area contributed by atoms with E-state index in [9.17, 15) is 0 Å². The molecule has 0 unspecified atom stereocenters. The van der Waals surface area contributed by atoms with Crippen LogP contribution in [0.3, 0.4) is 0 Å². The molecule has 0 amide bonds. The van der Waals surface area contributed by atoms with Crippen LogP contribution in [0.25, 0.3) is 60.6 Å². The van der Waals surface area contributed by atoms with Gasteiger partial charge in [-0.3, -0.25) is 14.4 Å².